The van der Waals surface area contributed by atoms with Crippen molar-refractivity contribution in [1.82, 2.24) is 0 Å². The second kappa shape index (κ2) is 8.42. The smallest absolute Gasteiger partial charge is 0.238 e. The highest BCUT2D eigenvalue weighted by Crippen LogP contribution is 2.77. The number of aliphatic hydroxyl groups is 1. The molecule has 4 nitrogen and oxygen atoms in total. The van der Waals surface area contributed by atoms with Crippen LogP contribution in [0.4, 0.5) is 0 Å². The van der Waals surface area contributed by atoms with Gasteiger partial charge in [-0.2, -0.15) is 0 Å². The van der Waals surface area contributed by atoms with E-state index in [0.29, 0.717) is 35.2 Å². The Hall–Kier alpha value is -1.17. The van der Waals surface area contributed by atoms with Crippen molar-refractivity contribution >= 4 is 15.6 Å². The van der Waals surface area contributed by atoms with Gasteiger partial charge >= 0.3 is 0 Å². The molecule has 3 N–H and O–H groups in total. The van der Waals surface area contributed by atoms with E-state index < -0.39 is 10.0 Å². The third-order valence-electron chi connectivity index (χ3n) is 13.9. The summed E-state index contributed by atoms with van der Waals surface area (Å²) in [6, 6.07) is 7.22. The summed E-state index contributed by atoms with van der Waals surface area (Å²) < 4.78 is 23.6. The van der Waals surface area contributed by atoms with Gasteiger partial charge in [-0.1, -0.05) is 59.2 Å². The maximum absolute atomic E-state index is 11.8. The fourth-order valence-electron chi connectivity index (χ4n) is 11.9. The number of hydrogen-bond acceptors (Lipinski definition) is 3. The van der Waals surface area contributed by atoms with Crippen LogP contribution < -0.4 is 5.14 Å². The van der Waals surface area contributed by atoms with E-state index >= 15 is 0 Å². The average Bonchev–Trinajstić information content (AvgIpc) is 3.28. The summed E-state index contributed by atoms with van der Waals surface area (Å²) in [6.07, 6.45) is 15.2. The lowest BCUT2D eigenvalue weighted by molar-refractivity contribution is -0.225. The Morgan fingerprint density at radius 1 is 0.842 bits per heavy atom. The van der Waals surface area contributed by atoms with Crippen molar-refractivity contribution in [3.63, 3.8) is 0 Å². The van der Waals surface area contributed by atoms with E-state index in [-0.39, 0.29) is 21.1 Å². The van der Waals surface area contributed by atoms with Crippen LogP contribution in [0, 0.1) is 50.7 Å². The van der Waals surface area contributed by atoms with Crippen molar-refractivity contribution in [2.24, 2.45) is 55.9 Å². The predicted octanol–water partition coefficient (Wildman–Crippen LogP) is 7.18. The Labute approximate surface area is 230 Å². The number of rotatable bonds is 3. The zero-order valence-corrected chi connectivity index (χ0v) is 25.0. The Balaban J connectivity index is 1.35. The minimum atomic E-state index is -3.69. The standard InChI is InChI=1S/C33H49NO3S/c1-29(2)24(22-8-10-23(11-9-22)38(34,36)37)14-17-30(3)27(29)15-18-32(5)28(30)13-12-25-26-7-6-16-33(26,21-35)20-19-31(25,32)4/h8-11,14,25-28,35H,6-7,12-13,15-21H2,1-5H3,(H2,34,36,37)/t25-,26-,27+,28-,30+,31-,32-,33-/m1/s1. The minimum Gasteiger partial charge on any atom is -0.396 e. The van der Waals surface area contributed by atoms with E-state index in [4.69, 9.17) is 5.14 Å². The molecular weight excluding hydrogens is 490 g/mol. The van der Waals surface area contributed by atoms with Crippen LogP contribution in [0.2, 0.25) is 0 Å². The van der Waals surface area contributed by atoms with E-state index in [1.807, 2.05) is 12.1 Å². The molecule has 0 amide bonds. The van der Waals surface area contributed by atoms with Gasteiger partial charge in [0.25, 0.3) is 0 Å². The lowest BCUT2D eigenvalue weighted by Crippen LogP contribution is -2.65. The molecule has 38 heavy (non-hydrogen) atoms. The number of fused-ring (bicyclic) bond motifs is 7. The number of benzene rings is 1. The van der Waals surface area contributed by atoms with E-state index in [9.17, 15) is 13.5 Å². The van der Waals surface area contributed by atoms with E-state index in [1.54, 1.807) is 12.1 Å². The lowest BCUT2D eigenvalue weighted by Gasteiger charge is -2.72. The second-order valence-electron chi connectivity index (χ2n) is 15.3. The van der Waals surface area contributed by atoms with Gasteiger partial charge in [0, 0.05) is 6.61 Å². The first-order valence-corrected chi connectivity index (χ1v) is 16.7. The van der Waals surface area contributed by atoms with Crippen LogP contribution in [-0.2, 0) is 10.0 Å². The van der Waals surface area contributed by atoms with Crippen LogP contribution in [0.3, 0.4) is 0 Å². The number of primary sulfonamides is 1. The Morgan fingerprint density at radius 2 is 1.55 bits per heavy atom. The van der Waals surface area contributed by atoms with Crippen molar-refractivity contribution in [3.8, 4) is 0 Å². The molecule has 1 aromatic rings. The normalized spacial score (nSPS) is 45.8. The van der Waals surface area contributed by atoms with E-state index in [2.05, 4.69) is 40.7 Å². The van der Waals surface area contributed by atoms with Gasteiger partial charge in [-0.05, 0) is 132 Å². The molecule has 0 heterocycles. The number of hydrogen-bond donors (Lipinski definition) is 2. The zero-order valence-electron chi connectivity index (χ0n) is 24.2. The third-order valence-corrected chi connectivity index (χ3v) is 14.9. The molecule has 5 heteroatoms. The summed E-state index contributed by atoms with van der Waals surface area (Å²) in [6.45, 7) is 13.2. The summed E-state index contributed by atoms with van der Waals surface area (Å²) in [5.41, 5.74) is 3.66. The molecule has 6 rings (SSSR count). The average molecular weight is 540 g/mol. The summed E-state index contributed by atoms with van der Waals surface area (Å²) in [5, 5.41) is 15.9. The molecule has 0 spiro atoms. The molecular formula is C33H49NO3S. The van der Waals surface area contributed by atoms with Crippen molar-refractivity contribution < 1.29 is 13.5 Å². The molecule has 8 atom stereocenters. The van der Waals surface area contributed by atoms with Crippen LogP contribution in [0.1, 0.15) is 104 Å². The third kappa shape index (κ3) is 3.43. The van der Waals surface area contributed by atoms with Gasteiger partial charge in [-0.3, -0.25) is 0 Å². The van der Waals surface area contributed by atoms with Gasteiger partial charge in [-0.25, -0.2) is 13.6 Å². The molecule has 0 unspecified atom stereocenters. The van der Waals surface area contributed by atoms with E-state index in [1.165, 1.54) is 63.4 Å². The summed E-state index contributed by atoms with van der Waals surface area (Å²) in [7, 11) is -3.69. The van der Waals surface area contributed by atoms with Crippen molar-refractivity contribution in [3.05, 3.63) is 35.9 Å². The van der Waals surface area contributed by atoms with Gasteiger partial charge in [0.15, 0.2) is 0 Å². The fourth-order valence-corrected chi connectivity index (χ4v) is 12.4. The summed E-state index contributed by atoms with van der Waals surface area (Å²) in [4.78, 5) is 0.179. The zero-order chi connectivity index (χ0) is 27.4. The summed E-state index contributed by atoms with van der Waals surface area (Å²) in [5.74, 6) is 2.77. The monoisotopic (exact) mass is 539 g/mol. The maximum atomic E-state index is 11.8. The number of aliphatic hydroxyl groups excluding tert-OH is 1. The molecule has 0 aliphatic heterocycles. The molecule has 0 radical (unpaired) electrons. The van der Waals surface area contributed by atoms with Crippen LogP contribution >= 0.6 is 0 Å². The highest BCUT2D eigenvalue weighted by atomic mass is 32.2. The molecule has 0 bridgehead atoms. The molecule has 0 saturated heterocycles. The van der Waals surface area contributed by atoms with Gasteiger partial charge in [0.1, 0.15) is 0 Å². The van der Waals surface area contributed by atoms with Gasteiger partial charge in [-0.15, -0.1) is 0 Å². The fraction of sp³-hybridized carbons (Fsp3) is 0.758. The second-order valence-corrected chi connectivity index (χ2v) is 16.9. The maximum Gasteiger partial charge on any atom is 0.238 e. The van der Waals surface area contributed by atoms with Crippen molar-refractivity contribution in [1.29, 1.82) is 0 Å². The Kier molecular flexibility index (Phi) is 5.99. The first-order valence-electron chi connectivity index (χ1n) is 15.2. The molecule has 0 aromatic heterocycles. The first kappa shape index (κ1) is 27.0. The SMILES string of the molecule is CC1(C)C(c2ccc(S(N)(=O)=O)cc2)=CC[C@]2(C)[C@H]3CC[C@@H]4[C@H]5CCC[C@]5(CO)CC[C@@]4(C)[C@]3(C)CC[C@@H]12. The minimum absolute atomic E-state index is 0.0131. The van der Waals surface area contributed by atoms with Crippen LogP contribution in [-0.4, -0.2) is 20.1 Å². The van der Waals surface area contributed by atoms with Crippen LogP contribution in [0.25, 0.3) is 5.57 Å². The lowest BCUT2D eigenvalue weighted by atomic mass is 9.33. The van der Waals surface area contributed by atoms with Gasteiger partial charge in [0.2, 0.25) is 10.0 Å². The molecule has 210 valence electrons. The first-order chi connectivity index (χ1) is 17.7. The number of allylic oxidation sites excluding steroid dienone is 2. The topological polar surface area (TPSA) is 80.4 Å². The number of nitrogens with two attached hydrogens (primary N) is 1. The Morgan fingerprint density at radius 3 is 2.21 bits per heavy atom. The highest BCUT2D eigenvalue weighted by molar-refractivity contribution is 7.89. The van der Waals surface area contributed by atoms with Gasteiger partial charge in [0.05, 0.1) is 4.90 Å². The highest BCUT2D eigenvalue weighted by Gasteiger charge is 2.69. The van der Waals surface area contributed by atoms with Crippen LogP contribution in [0.5, 0.6) is 0 Å². The van der Waals surface area contributed by atoms with Gasteiger partial charge < -0.3 is 5.11 Å². The largest absolute Gasteiger partial charge is 0.396 e. The van der Waals surface area contributed by atoms with Crippen molar-refractivity contribution in [2.45, 2.75) is 104 Å². The quantitative estimate of drug-likeness (QED) is 0.427. The van der Waals surface area contributed by atoms with E-state index in [0.717, 1.165) is 17.9 Å². The molecule has 5 aliphatic carbocycles. The summed E-state index contributed by atoms with van der Waals surface area (Å²) >= 11 is 0. The molecule has 4 fully saturated rings. The molecule has 1 aromatic carbocycles. The molecule has 5 aliphatic rings. The van der Waals surface area contributed by atoms with Crippen molar-refractivity contribution in [2.75, 3.05) is 6.61 Å². The predicted molar refractivity (Wildman–Crippen MR) is 154 cm³/mol. The number of sulfonamides is 1. The molecule has 4 saturated carbocycles. The Bertz CT molecular complexity index is 1250. The van der Waals surface area contributed by atoms with Crippen LogP contribution in [0.15, 0.2) is 35.2 Å².